The molecule has 0 bridgehead atoms. The van der Waals surface area contributed by atoms with Crippen LogP contribution in [0.1, 0.15) is 18.6 Å². The van der Waals surface area contributed by atoms with Crippen molar-refractivity contribution in [1.82, 2.24) is 15.3 Å². The summed E-state index contributed by atoms with van der Waals surface area (Å²) in [6.07, 6.45) is 1.72. The van der Waals surface area contributed by atoms with Crippen molar-refractivity contribution in [2.75, 3.05) is 18.1 Å². The van der Waals surface area contributed by atoms with Crippen LogP contribution in [0.25, 0.3) is 0 Å². The molecule has 2 aliphatic heterocycles. The van der Waals surface area contributed by atoms with Gasteiger partial charge in [0.2, 0.25) is 11.9 Å². The summed E-state index contributed by atoms with van der Waals surface area (Å²) in [7, 11) is 0. The highest BCUT2D eigenvalue weighted by molar-refractivity contribution is 5.79. The zero-order valence-electron chi connectivity index (χ0n) is 16.3. The van der Waals surface area contributed by atoms with Crippen LogP contribution in [0.3, 0.4) is 0 Å². The van der Waals surface area contributed by atoms with Crippen LogP contribution in [0.2, 0.25) is 0 Å². The Hall–Kier alpha value is -3.15. The minimum Gasteiger partial charge on any atom is -0.475 e. The highest BCUT2D eigenvalue weighted by Crippen LogP contribution is 2.33. The second-order valence-corrected chi connectivity index (χ2v) is 7.00. The minimum absolute atomic E-state index is 0.0151. The first-order chi connectivity index (χ1) is 14.8. The van der Waals surface area contributed by atoms with Crippen molar-refractivity contribution in [2.24, 2.45) is 5.92 Å². The van der Waals surface area contributed by atoms with Crippen molar-refractivity contribution in [3.63, 3.8) is 0 Å². The summed E-state index contributed by atoms with van der Waals surface area (Å²) in [6, 6.07) is 5.71. The van der Waals surface area contributed by atoms with E-state index in [1.54, 1.807) is 24.7 Å². The molecule has 0 unspecified atom stereocenters. The van der Waals surface area contributed by atoms with Crippen LogP contribution in [0.5, 0.6) is 0 Å². The molecule has 0 saturated carbocycles. The first-order valence-electron chi connectivity index (χ1n) is 9.51. The second kappa shape index (κ2) is 9.77. The van der Waals surface area contributed by atoms with Gasteiger partial charge in [0, 0.05) is 25.5 Å². The van der Waals surface area contributed by atoms with Crippen molar-refractivity contribution in [1.29, 1.82) is 0 Å². The number of nitrogens with one attached hydrogen (secondary N) is 1. The molecule has 2 aromatic heterocycles. The summed E-state index contributed by atoms with van der Waals surface area (Å²) in [4.78, 5) is 32.3. The number of aromatic nitrogens is 2. The van der Waals surface area contributed by atoms with Crippen molar-refractivity contribution in [2.45, 2.75) is 37.7 Å². The van der Waals surface area contributed by atoms with Crippen LogP contribution >= 0.6 is 0 Å². The largest absolute Gasteiger partial charge is 0.490 e. The van der Waals surface area contributed by atoms with Crippen molar-refractivity contribution >= 4 is 17.8 Å². The Balaban J connectivity index is 0.000000339. The predicted octanol–water partition coefficient (Wildman–Crippen LogP) is 2.00. The molecule has 0 spiro atoms. The van der Waals surface area contributed by atoms with Gasteiger partial charge in [-0.1, -0.05) is 0 Å². The molecule has 2 fully saturated rings. The van der Waals surface area contributed by atoms with E-state index < -0.39 is 12.1 Å². The van der Waals surface area contributed by atoms with E-state index in [-0.39, 0.29) is 24.0 Å². The summed E-state index contributed by atoms with van der Waals surface area (Å²) < 4.78 is 42.8. The number of hydrogen-bond donors (Lipinski definition) is 2. The number of furan rings is 1. The number of nitrogens with zero attached hydrogens (tertiary/aromatic N) is 3. The Morgan fingerprint density at radius 1 is 1.26 bits per heavy atom. The zero-order valence-corrected chi connectivity index (χ0v) is 16.3. The van der Waals surface area contributed by atoms with E-state index in [4.69, 9.17) is 19.1 Å². The third-order valence-electron chi connectivity index (χ3n) is 4.95. The number of carboxylic acids is 1. The molecule has 0 aromatic carbocycles. The lowest BCUT2D eigenvalue weighted by Crippen LogP contribution is -2.53. The number of aliphatic carboxylic acids is 1. The number of carboxylic acid groups (broad SMARTS) is 1. The molecule has 12 heteroatoms. The molecule has 0 radical (unpaired) electrons. The average molecular weight is 442 g/mol. The van der Waals surface area contributed by atoms with Crippen LogP contribution in [-0.4, -0.2) is 58.4 Å². The summed E-state index contributed by atoms with van der Waals surface area (Å²) in [5.74, 6) is -1.48. The van der Waals surface area contributed by atoms with E-state index in [2.05, 4.69) is 20.2 Å². The molecule has 2 saturated heterocycles. The molecule has 3 atom stereocenters. The smallest absolute Gasteiger partial charge is 0.475 e. The Labute approximate surface area is 175 Å². The second-order valence-electron chi connectivity index (χ2n) is 7.00. The maximum atomic E-state index is 12.6. The van der Waals surface area contributed by atoms with Gasteiger partial charge >= 0.3 is 12.1 Å². The molecular formula is C19H21F3N4O5. The number of hydrogen-bond acceptors (Lipinski definition) is 7. The molecule has 1 amide bonds. The van der Waals surface area contributed by atoms with Gasteiger partial charge in [-0.15, -0.1) is 0 Å². The SMILES string of the molecule is O=C(NCc1ccco1)[C@H]1C[C@H]2OCC[C@H]2N(c2ncccn2)C1.O=C(O)C(F)(F)F. The number of amides is 1. The molecule has 0 aliphatic carbocycles. The molecule has 2 aliphatic rings. The van der Waals surface area contributed by atoms with Crippen LogP contribution < -0.4 is 10.2 Å². The molecule has 2 aromatic rings. The summed E-state index contributed by atoms with van der Waals surface area (Å²) >= 11 is 0. The summed E-state index contributed by atoms with van der Waals surface area (Å²) in [5.41, 5.74) is 0. The fourth-order valence-corrected chi connectivity index (χ4v) is 3.54. The van der Waals surface area contributed by atoms with E-state index in [0.29, 0.717) is 19.0 Å². The molecule has 4 rings (SSSR count). The van der Waals surface area contributed by atoms with Crippen LogP contribution in [0.4, 0.5) is 19.1 Å². The number of anilines is 1. The summed E-state index contributed by atoms with van der Waals surface area (Å²) in [5, 5.41) is 10.1. The lowest BCUT2D eigenvalue weighted by molar-refractivity contribution is -0.192. The van der Waals surface area contributed by atoms with Gasteiger partial charge in [-0.3, -0.25) is 4.79 Å². The van der Waals surface area contributed by atoms with Gasteiger partial charge in [-0.25, -0.2) is 14.8 Å². The Morgan fingerprint density at radius 2 is 1.97 bits per heavy atom. The quantitative estimate of drug-likeness (QED) is 0.739. The molecule has 9 nitrogen and oxygen atoms in total. The minimum atomic E-state index is -5.08. The number of fused-ring (bicyclic) bond motifs is 1. The van der Waals surface area contributed by atoms with Gasteiger partial charge < -0.3 is 24.5 Å². The Bertz CT molecular complexity index is 863. The fraction of sp³-hybridized carbons (Fsp3) is 0.474. The highest BCUT2D eigenvalue weighted by atomic mass is 19.4. The topological polar surface area (TPSA) is 118 Å². The number of ether oxygens (including phenoxy) is 1. The van der Waals surface area contributed by atoms with E-state index in [0.717, 1.165) is 25.2 Å². The predicted molar refractivity (Wildman–Crippen MR) is 99.9 cm³/mol. The first-order valence-corrected chi connectivity index (χ1v) is 9.51. The molecule has 31 heavy (non-hydrogen) atoms. The van der Waals surface area contributed by atoms with E-state index in [1.807, 2.05) is 12.1 Å². The number of halogens is 3. The maximum absolute atomic E-state index is 12.6. The fourth-order valence-electron chi connectivity index (χ4n) is 3.54. The van der Waals surface area contributed by atoms with E-state index >= 15 is 0 Å². The lowest BCUT2D eigenvalue weighted by Gasteiger charge is -2.40. The highest BCUT2D eigenvalue weighted by Gasteiger charge is 2.43. The van der Waals surface area contributed by atoms with Crippen molar-refractivity contribution in [3.8, 4) is 0 Å². The van der Waals surface area contributed by atoms with E-state index in [1.165, 1.54) is 0 Å². The van der Waals surface area contributed by atoms with Gasteiger partial charge in [0.25, 0.3) is 0 Å². The lowest BCUT2D eigenvalue weighted by atomic mass is 9.89. The zero-order chi connectivity index (χ0) is 22.4. The maximum Gasteiger partial charge on any atom is 0.490 e. The van der Waals surface area contributed by atoms with E-state index in [9.17, 15) is 18.0 Å². The van der Waals surface area contributed by atoms with Gasteiger partial charge in [0.1, 0.15) is 5.76 Å². The number of alkyl halides is 3. The van der Waals surface area contributed by atoms with Crippen LogP contribution in [0.15, 0.2) is 41.3 Å². The van der Waals surface area contributed by atoms with Gasteiger partial charge in [-0.05, 0) is 31.0 Å². The third-order valence-corrected chi connectivity index (χ3v) is 4.95. The molecule has 2 N–H and O–H groups in total. The summed E-state index contributed by atoms with van der Waals surface area (Å²) in [6.45, 7) is 1.73. The molecule has 4 heterocycles. The number of piperidine rings is 1. The first kappa shape index (κ1) is 22.5. The van der Waals surface area contributed by atoms with Gasteiger partial charge in [0.15, 0.2) is 0 Å². The monoisotopic (exact) mass is 442 g/mol. The third kappa shape index (κ3) is 5.94. The number of rotatable bonds is 4. The average Bonchev–Trinajstić information content (AvgIpc) is 3.43. The van der Waals surface area contributed by atoms with Crippen LogP contribution in [0, 0.1) is 5.92 Å². The van der Waals surface area contributed by atoms with Crippen molar-refractivity contribution < 1.29 is 37.0 Å². The Morgan fingerprint density at radius 3 is 2.58 bits per heavy atom. The van der Waals surface area contributed by atoms with Crippen molar-refractivity contribution in [3.05, 3.63) is 42.6 Å². The Kier molecular flexibility index (Phi) is 7.10. The number of carbonyl (C=O) groups is 2. The molecule has 168 valence electrons. The number of carbonyl (C=O) groups excluding carboxylic acids is 1. The van der Waals surface area contributed by atoms with Gasteiger partial charge in [-0.2, -0.15) is 13.2 Å². The normalized spacial score (nSPS) is 22.8. The van der Waals surface area contributed by atoms with Crippen LogP contribution in [-0.2, 0) is 20.9 Å². The molecular weight excluding hydrogens is 421 g/mol. The van der Waals surface area contributed by atoms with Gasteiger partial charge in [0.05, 0.1) is 30.9 Å². The standard InChI is InChI=1S/C17H20N4O3.C2HF3O2/c22-16(20-10-13-3-1-7-23-13)12-9-15-14(4-8-24-15)21(11-12)17-18-5-2-6-19-17;3-2(4,5)1(6)7/h1-3,5-7,12,14-15H,4,8-11H2,(H,20,22);(H,6,7)/t12-,14+,15+;/m0./s1.